The van der Waals surface area contributed by atoms with Crippen LogP contribution in [0.3, 0.4) is 0 Å². The number of nitrogens with one attached hydrogen (secondary N) is 1. The number of nitrogens with zero attached hydrogens (tertiary/aromatic N) is 1. The van der Waals surface area contributed by atoms with Gasteiger partial charge in [0.05, 0.1) is 13.2 Å². The van der Waals surface area contributed by atoms with Crippen LogP contribution >= 0.6 is 0 Å². The van der Waals surface area contributed by atoms with E-state index in [-0.39, 0.29) is 24.6 Å². The van der Waals surface area contributed by atoms with Crippen molar-refractivity contribution in [2.75, 3.05) is 44.9 Å². The number of piperidine rings is 1. The van der Waals surface area contributed by atoms with Crippen molar-refractivity contribution >= 4 is 22.8 Å². The fraction of sp³-hybridized carbons (Fsp3) is 0.867. The average molecular weight is 346 g/mol. The fourth-order valence-corrected chi connectivity index (χ4v) is 4.67. The Labute approximate surface area is 139 Å². The van der Waals surface area contributed by atoms with Crippen LogP contribution in [0.5, 0.6) is 0 Å². The lowest BCUT2D eigenvalue weighted by Crippen LogP contribution is -2.56. The number of amides is 2. The number of hydrogen-bond donors (Lipinski definition) is 1. The molecule has 0 radical (unpaired) electrons. The summed E-state index contributed by atoms with van der Waals surface area (Å²) in [7, 11) is 0.719. The van der Waals surface area contributed by atoms with Crippen LogP contribution < -0.4 is 5.32 Å². The molecule has 8 heteroatoms. The van der Waals surface area contributed by atoms with Gasteiger partial charge in [0.15, 0.2) is 0 Å². The maximum absolute atomic E-state index is 12.5. The van der Waals surface area contributed by atoms with E-state index in [1.54, 1.807) is 18.9 Å². The third-order valence-corrected chi connectivity index (χ3v) is 5.87. The van der Waals surface area contributed by atoms with Gasteiger partial charge in [-0.1, -0.05) is 0 Å². The summed E-state index contributed by atoms with van der Waals surface area (Å²) in [5.74, 6) is 0.850. The minimum absolute atomic E-state index is 0.0373. The van der Waals surface area contributed by atoms with Crippen LogP contribution in [-0.2, 0) is 25.1 Å². The zero-order chi connectivity index (χ0) is 16.9. The van der Waals surface area contributed by atoms with E-state index in [4.69, 9.17) is 9.47 Å². The number of hydrogen-bond acceptors (Lipinski definition) is 5. The highest BCUT2D eigenvalue weighted by Gasteiger charge is 2.45. The molecule has 132 valence electrons. The van der Waals surface area contributed by atoms with Gasteiger partial charge in [0, 0.05) is 48.5 Å². The number of ether oxygens (including phenoxy) is 2. The molecule has 2 aliphatic rings. The van der Waals surface area contributed by atoms with Gasteiger partial charge in [0.1, 0.15) is 5.41 Å². The number of urea groups is 1. The van der Waals surface area contributed by atoms with Crippen molar-refractivity contribution in [1.29, 1.82) is 0 Å². The molecule has 0 aromatic rings. The van der Waals surface area contributed by atoms with Gasteiger partial charge in [-0.05, 0) is 26.2 Å². The third-order valence-electron chi connectivity index (χ3n) is 4.40. The summed E-state index contributed by atoms with van der Waals surface area (Å²) >= 11 is 0. The zero-order valence-corrected chi connectivity index (χ0v) is 14.7. The first-order valence-electron chi connectivity index (χ1n) is 8.07. The van der Waals surface area contributed by atoms with E-state index in [0.717, 1.165) is 12.8 Å². The lowest BCUT2D eigenvalue weighted by atomic mass is 9.80. The molecule has 2 rings (SSSR count). The van der Waals surface area contributed by atoms with Crippen molar-refractivity contribution in [3.05, 3.63) is 0 Å². The number of esters is 1. The number of rotatable bonds is 5. The van der Waals surface area contributed by atoms with Gasteiger partial charge in [-0.2, -0.15) is 0 Å². The Morgan fingerprint density at radius 1 is 1.43 bits per heavy atom. The first-order valence-corrected chi connectivity index (χ1v) is 9.56. The third kappa shape index (κ3) is 4.44. The van der Waals surface area contributed by atoms with E-state index in [1.807, 2.05) is 0 Å². The summed E-state index contributed by atoms with van der Waals surface area (Å²) in [4.78, 5) is 26.5. The predicted octanol–water partition coefficient (Wildman–Crippen LogP) is 0.509. The van der Waals surface area contributed by atoms with Crippen molar-refractivity contribution in [3.63, 3.8) is 0 Å². The molecule has 2 aliphatic heterocycles. The largest absolute Gasteiger partial charge is 0.465 e. The second-order valence-electron chi connectivity index (χ2n) is 6.20. The summed E-state index contributed by atoms with van der Waals surface area (Å²) in [5, 5.41) is 2.93. The van der Waals surface area contributed by atoms with Crippen molar-refractivity contribution in [1.82, 2.24) is 10.2 Å². The quantitative estimate of drug-likeness (QED) is 0.733. The molecule has 2 saturated heterocycles. The molecule has 0 bridgehead atoms. The summed E-state index contributed by atoms with van der Waals surface area (Å²) < 4.78 is 21.9. The Balaban J connectivity index is 2.00. The Kier molecular flexibility index (Phi) is 6.41. The second kappa shape index (κ2) is 8.10. The Bertz CT molecular complexity index is 469. The number of carbonyl (C=O) groups is 2. The first-order chi connectivity index (χ1) is 11.0. The lowest BCUT2D eigenvalue weighted by Gasteiger charge is -2.40. The normalized spacial score (nSPS) is 31.0. The molecule has 3 atom stereocenters. The highest BCUT2D eigenvalue weighted by atomic mass is 32.2. The summed E-state index contributed by atoms with van der Waals surface area (Å²) in [5.41, 5.74) is -0.793. The molecule has 2 heterocycles. The predicted molar refractivity (Wildman–Crippen MR) is 86.6 cm³/mol. The van der Waals surface area contributed by atoms with Gasteiger partial charge < -0.3 is 19.7 Å². The maximum atomic E-state index is 12.5. The van der Waals surface area contributed by atoms with Crippen LogP contribution in [0.4, 0.5) is 4.79 Å². The lowest BCUT2D eigenvalue weighted by molar-refractivity contribution is -0.162. The molecule has 0 aliphatic carbocycles. The minimum Gasteiger partial charge on any atom is -0.465 e. The fourth-order valence-electron chi connectivity index (χ4n) is 3.25. The molecule has 2 amide bonds. The van der Waals surface area contributed by atoms with Crippen LogP contribution in [0.1, 0.15) is 26.2 Å². The molecule has 0 aromatic carbocycles. The number of methoxy groups -OCH3 is 1. The monoisotopic (exact) mass is 346 g/mol. The highest BCUT2D eigenvalue weighted by molar-refractivity contribution is 7.85. The zero-order valence-electron chi connectivity index (χ0n) is 13.8. The SMILES string of the molecule is CCOC(=O)C1(COC)CCCN(C(=O)NC2CCS(=O)C2)C1. The van der Waals surface area contributed by atoms with Crippen molar-refractivity contribution in [2.24, 2.45) is 5.41 Å². The van der Waals surface area contributed by atoms with Gasteiger partial charge in [-0.25, -0.2) is 4.79 Å². The molecule has 0 aromatic heterocycles. The van der Waals surface area contributed by atoms with E-state index >= 15 is 0 Å². The molecule has 0 spiro atoms. The molecule has 2 fully saturated rings. The van der Waals surface area contributed by atoms with Crippen molar-refractivity contribution in [3.8, 4) is 0 Å². The first kappa shape index (κ1) is 18.2. The van der Waals surface area contributed by atoms with E-state index in [9.17, 15) is 13.8 Å². The molecule has 3 unspecified atom stereocenters. The summed E-state index contributed by atoms with van der Waals surface area (Å²) in [6.45, 7) is 3.22. The number of likely N-dealkylation sites (tertiary alicyclic amines) is 1. The van der Waals surface area contributed by atoms with Crippen molar-refractivity contribution < 1.29 is 23.3 Å². The van der Waals surface area contributed by atoms with Crippen LogP contribution in [0, 0.1) is 5.41 Å². The summed E-state index contributed by atoms with van der Waals surface area (Å²) in [6, 6.07) is -0.233. The van der Waals surface area contributed by atoms with Crippen LogP contribution in [0.25, 0.3) is 0 Å². The van der Waals surface area contributed by atoms with Gasteiger partial charge in [-0.15, -0.1) is 0 Å². The maximum Gasteiger partial charge on any atom is 0.317 e. The summed E-state index contributed by atoms with van der Waals surface area (Å²) in [6.07, 6.45) is 2.12. The van der Waals surface area contributed by atoms with Crippen LogP contribution in [-0.4, -0.2) is 72.1 Å². The topological polar surface area (TPSA) is 84.9 Å². The van der Waals surface area contributed by atoms with Crippen LogP contribution in [0.15, 0.2) is 0 Å². The molecule has 23 heavy (non-hydrogen) atoms. The second-order valence-corrected chi connectivity index (χ2v) is 7.83. The molecular formula is C15H26N2O5S. The Morgan fingerprint density at radius 3 is 2.83 bits per heavy atom. The Morgan fingerprint density at radius 2 is 2.22 bits per heavy atom. The van der Waals surface area contributed by atoms with E-state index in [2.05, 4.69) is 5.32 Å². The van der Waals surface area contributed by atoms with Gasteiger partial charge in [0.25, 0.3) is 0 Å². The smallest absolute Gasteiger partial charge is 0.317 e. The van der Waals surface area contributed by atoms with E-state index < -0.39 is 16.2 Å². The van der Waals surface area contributed by atoms with E-state index in [1.165, 1.54) is 0 Å². The molecule has 0 saturated carbocycles. The number of carbonyl (C=O) groups excluding carboxylic acids is 2. The van der Waals surface area contributed by atoms with E-state index in [0.29, 0.717) is 37.6 Å². The van der Waals surface area contributed by atoms with Gasteiger partial charge in [0.2, 0.25) is 0 Å². The van der Waals surface area contributed by atoms with Crippen molar-refractivity contribution in [2.45, 2.75) is 32.2 Å². The molecule has 7 nitrogen and oxygen atoms in total. The average Bonchev–Trinajstić information content (AvgIpc) is 2.93. The molecular weight excluding hydrogens is 320 g/mol. The standard InChI is InChI=1S/C15H26N2O5S/c1-3-22-13(18)15(11-21-2)6-4-7-17(10-15)14(19)16-12-5-8-23(20)9-12/h12H,3-11H2,1-2H3,(H,16,19). The van der Waals surface area contributed by atoms with Crippen LogP contribution in [0.2, 0.25) is 0 Å². The Hall–Kier alpha value is -1.15. The highest BCUT2D eigenvalue weighted by Crippen LogP contribution is 2.32. The van der Waals surface area contributed by atoms with Gasteiger partial charge >= 0.3 is 12.0 Å². The van der Waals surface area contributed by atoms with Gasteiger partial charge in [-0.3, -0.25) is 9.00 Å². The minimum atomic E-state index is -0.830. The molecule has 1 N–H and O–H groups in total.